The first-order chi connectivity index (χ1) is 6.99. The minimum atomic E-state index is -0.861. The summed E-state index contributed by atoms with van der Waals surface area (Å²) < 4.78 is 4.95. The van der Waals surface area contributed by atoms with E-state index in [1.807, 2.05) is 6.92 Å². The Kier molecular flexibility index (Phi) is 3.55. The molecule has 0 saturated carbocycles. The first-order valence-electron chi connectivity index (χ1n) is 5.14. The number of carbonyl (C=O) groups excluding carboxylic acids is 1. The SMILES string of the molecule is CCCCOC(=O)N1CC(C)(C(=O)O)C1. The molecule has 1 amide bonds. The molecule has 1 heterocycles. The second kappa shape index (κ2) is 4.51. The molecule has 1 saturated heterocycles. The summed E-state index contributed by atoms with van der Waals surface area (Å²) in [5.74, 6) is -0.861. The minimum Gasteiger partial charge on any atom is -0.481 e. The van der Waals surface area contributed by atoms with Crippen LogP contribution in [0.2, 0.25) is 0 Å². The molecule has 5 nitrogen and oxygen atoms in total. The summed E-state index contributed by atoms with van der Waals surface area (Å²) in [6, 6.07) is 0. The summed E-state index contributed by atoms with van der Waals surface area (Å²) in [6.45, 7) is 4.54. The molecule has 0 spiro atoms. The number of nitrogens with zero attached hydrogens (tertiary/aromatic N) is 1. The number of carboxylic acids is 1. The fraction of sp³-hybridized carbons (Fsp3) is 0.800. The standard InChI is InChI=1S/C10H17NO4/c1-3-4-5-15-9(14)11-6-10(2,7-11)8(12)13/h3-7H2,1-2H3,(H,12,13). The molecule has 86 valence electrons. The van der Waals surface area contributed by atoms with Gasteiger partial charge in [0.15, 0.2) is 0 Å². The van der Waals surface area contributed by atoms with Gasteiger partial charge in [0.05, 0.1) is 6.61 Å². The number of carbonyl (C=O) groups is 2. The molecule has 0 aliphatic carbocycles. The van der Waals surface area contributed by atoms with Gasteiger partial charge in [-0.3, -0.25) is 4.79 Å². The van der Waals surface area contributed by atoms with Crippen molar-refractivity contribution in [2.75, 3.05) is 19.7 Å². The third-order valence-electron chi connectivity index (χ3n) is 2.58. The van der Waals surface area contributed by atoms with Crippen molar-refractivity contribution in [1.82, 2.24) is 4.90 Å². The number of hydrogen-bond acceptors (Lipinski definition) is 3. The maximum absolute atomic E-state index is 11.3. The predicted octanol–water partition coefficient (Wildman–Crippen LogP) is 1.33. The van der Waals surface area contributed by atoms with Crippen molar-refractivity contribution in [2.24, 2.45) is 5.41 Å². The first-order valence-corrected chi connectivity index (χ1v) is 5.14. The van der Waals surface area contributed by atoms with E-state index in [4.69, 9.17) is 9.84 Å². The van der Waals surface area contributed by atoms with Crippen molar-refractivity contribution in [3.63, 3.8) is 0 Å². The molecule has 1 rings (SSSR count). The second-order valence-electron chi connectivity index (χ2n) is 4.19. The smallest absolute Gasteiger partial charge is 0.409 e. The molecule has 0 radical (unpaired) electrons. The van der Waals surface area contributed by atoms with Crippen LogP contribution < -0.4 is 0 Å². The van der Waals surface area contributed by atoms with Gasteiger partial charge in [0.25, 0.3) is 0 Å². The monoisotopic (exact) mass is 215 g/mol. The van der Waals surface area contributed by atoms with E-state index in [0.29, 0.717) is 6.61 Å². The van der Waals surface area contributed by atoms with Crippen LogP contribution in [0.15, 0.2) is 0 Å². The molecule has 1 aliphatic heterocycles. The number of unbranched alkanes of at least 4 members (excludes halogenated alkanes) is 1. The summed E-state index contributed by atoms with van der Waals surface area (Å²) in [5, 5.41) is 8.83. The number of carboxylic acid groups (broad SMARTS) is 1. The van der Waals surface area contributed by atoms with Gasteiger partial charge in [-0.2, -0.15) is 0 Å². The normalized spacial score (nSPS) is 18.1. The molecule has 0 aromatic carbocycles. The molecule has 0 atom stereocenters. The third-order valence-corrected chi connectivity index (χ3v) is 2.58. The summed E-state index contributed by atoms with van der Waals surface area (Å²) in [6.07, 6.45) is 1.41. The predicted molar refractivity (Wildman–Crippen MR) is 53.6 cm³/mol. The summed E-state index contributed by atoms with van der Waals surface area (Å²) in [7, 11) is 0. The van der Waals surface area contributed by atoms with Gasteiger partial charge in [-0.25, -0.2) is 4.79 Å². The number of amides is 1. The van der Waals surface area contributed by atoms with Gasteiger partial charge in [0, 0.05) is 13.1 Å². The van der Waals surface area contributed by atoms with Crippen LogP contribution in [0.25, 0.3) is 0 Å². The highest BCUT2D eigenvalue weighted by Crippen LogP contribution is 2.30. The van der Waals surface area contributed by atoms with Crippen molar-refractivity contribution in [3.05, 3.63) is 0 Å². The van der Waals surface area contributed by atoms with Crippen LogP contribution >= 0.6 is 0 Å². The Hall–Kier alpha value is -1.26. The van der Waals surface area contributed by atoms with Crippen molar-refractivity contribution in [2.45, 2.75) is 26.7 Å². The van der Waals surface area contributed by atoms with Gasteiger partial charge in [0.1, 0.15) is 5.41 Å². The maximum Gasteiger partial charge on any atom is 0.409 e. The van der Waals surface area contributed by atoms with Crippen molar-refractivity contribution in [1.29, 1.82) is 0 Å². The fourth-order valence-corrected chi connectivity index (χ4v) is 1.46. The van der Waals surface area contributed by atoms with Gasteiger partial charge in [-0.15, -0.1) is 0 Å². The van der Waals surface area contributed by atoms with Crippen LogP contribution in [-0.2, 0) is 9.53 Å². The van der Waals surface area contributed by atoms with E-state index in [9.17, 15) is 9.59 Å². The number of aliphatic carboxylic acids is 1. The number of rotatable bonds is 4. The Labute approximate surface area is 89.0 Å². The van der Waals surface area contributed by atoms with Crippen molar-refractivity contribution >= 4 is 12.1 Å². The van der Waals surface area contributed by atoms with Gasteiger partial charge < -0.3 is 14.7 Å². The molecule has 1 N–H and O–H groups in total. The molecule has 1 fully saturated rings. The Bertz CT molecular complexity index is 258. The van der Waals surface area contributed by atoms with Crippen molar-refractivity contribution in [3.8, 4) is 0 Å². The molecule has 0 aromatic heterocycles. The zero-order valence-electron chi connectivity index (χ0n) is 9.15. The van der Waals surface area contributed by atoms with E-state index in [2.05, 4.69) is 0 Å². The maximum atomic E-state index is 11.3. The van der Waals surface area contributed by atoms with E-state index in [0.717, 1.165) is 12.8 Å². The van der Waals surface area contributed by atoms with Crippen molar-refractivity contribution < 1.29 is 19.4 Å². The van der Waals surface area contributed by atoms with Crippen LogP contribution in [0.5, 0.6) is 0 Å². The second-order valence-corrected chi connectivity index (χ2v) is 4.19. The highest BCUT2D eigenvalue weighted by Gasteiger charge is 2.48. The Balaban J connectivity index is 2.26. The van der Waals surface area contributed by atoms with Gasteiger partial charge in [-0.05, 0) is 13.3 Å². The van der Waals surface area contributed by atoms with E-state index in [-0.39, 0.29) is 13.1 Å². The van der Waals surface area contributed by atoms with E-state index in [1.165, 1.54) is 4.90 Å². The highest BCUT2D eigenvalue weighted by molar-refractivity contribution is 5.80. The Morgan fingerprint density at radius 2 is 2.07 bits per heavy atom. The number of hydrogen-bond donors (Lipinski definition) is 1. The quantitative estimate of drug-likeness (QED) is 0.718. The molecule has 1 aliphatic rings. The summed E-state index contributed by atoms with van der Waals surface area (Å²) in [4.78, 5) is 23.5. The third kappa shape index (κ3) is 2.61. The van der Waals surface area contributed by atoms with Crippen LogP contribution in [0, 0.1) is 5.41 Å². The topological polar surface area (TPSA) is 66.8 Å². The fourth-order valence-electron chi connectivity index (χ4n) is 1.46. The minimum absolute atomic E-state index is 0.243. The molecule has 0 unspecified atom stereocenters. The van der Waals surface area contributed by atoms with Crippen LogP contribution in [0.4, 0.5) is 4.79 Å². The van der Waals surface area contributed by atoms with E-state index >= 15 is 0 Å². The average Bonchev–Trinajstić information content (AvgIpc) is 2.12. The lowest BCUT2D eigenvalue weighted by Gasteiger charge is -2.43. The van der Waals surface area contributed by atoms with Gasteiger partial charge in [-0.1, -0.05) is 13.3 Å². The molecule has 15 heavy (non-hydrogen) atoms. The lowest BCUT2D eigenvalue weighted by atomic mass is 9.82. The lowest BCUT2D eigenvalue weighted by molar-refractivity contribution is -0.156. The zero-order valence-corrected chi connectivity index (χ0v) is 9.15. The molecular formula is C10H17NO4. The van der Waals surface area contributed by atoms with E-state index < -0.39 is 17.5 Å². The summed E-state index contributed by atoms with van der Waals surface area (Å²) in [5.41, 5.74) is -0.788. The van der Waals surface area contributed by atoms with Gasteiger partial charge >= 0.3 is 12.1 Å². The van der Waals surface area contributed by atoms with Crippen LogP contribution in [0.3, 0.4) is 0 Å². The number of ether oxygens (including phenoxy) is 1. The first kappa shape index (κ1) is 11.8. The Morgan fingerprint density at radius 3 is 2.53 bits per heavy atom. The van der Waals surface area contributed by atoms with Crippen LogP contribution in [-0.4, -0.2) is 41.8 Å². The average molecular weight is 215 g/mol. The van der Waals surface area contributed by atoms with Gasteiger partial charge in [0.2, 0.25) is 0 Å². The van der Waals surface area contributed by atoms with E-state index in [1.54, 1.807) is 6.92 Å². The zero-order chi connectivity index (χ0) is 11.5. The lowest BCUT2D eigenvalue weighted by Crippen LogP contribution is -2.60. The molecule has 0 aromatic rings. The largest absolute Gasteiger partial charge is 0.481 e. The molecule has 0 bridgehead atoms. The highest BCUT2D eigenvalue weighted by atomic mass is 16.6. The Morgan fingerprint density at radius 1 is 1.47 bits per heavy atom. The molecular weight excluding hydrogens is 198 g/mol. The summed E-state index contributed by atoms with van der Waals surface area (Å²) >= 11 is 0. The molecule has 5 heteroatoms. The van der Waals surface area contributed by atoms with Crippen LogP contribution in [0.1, 0.15) is 26.7 Å². The number of likely N-dealkylation sites (tertiary alicyclic amines) is 1.